The molecule has 24 N–H and O–H groups in total. The third kappa shape index (κ3) is 30.3. The molecule has 2 aromatic heterocycles. The third-order valence-corrected chi connectivity index (χ3v) is 23.9. The number of rotatable bonds is 29. The Balaban J connectivity index is 0.000000272. The third-order valence-electron chi connectivity index (χ3n) is 23.9. The van der Waals surface area contributed by atoms with E-state index in [0.717, 1.165) is 44.1 Å². The normalized spacial score (nSPS) is 21.7. The average Bonchev–Trinajstić information content (AvgIpc) is 1.72. The Morgan fingerprint density at radius 2 is 0.870 bits per heavy atom. The molecule has 0 aliphatic carbocycles. The van der Waals surface area contributed by atoms with Crippen molar-refractivity contribution in [1.29, 1.82) is 5.41 Å². The van der Waals surface area contributed by atoms with Crippen LogP contribution < -0.4 is 81.8 Å². The number of aromatic amines is 2. The number of para-hydroxylation sites is 2. The maximum Gasteiger partial charge on any atom is 0.245 e. The van der Waals surface area contributed by atoms with Crippen LogP contribution in [0.1, 0.15) is 157 Å². The standard InChI is InChI=1S/C48H60N10O8.C46H64N12O7/c1-29(59)54-39(24-30-10-3-2-4-11-30)44(63)55-37-15-8-21-51-43(62)32(12-7-22-52-48(49)50)27-42(61)38(26-33-28-53-36-14-6-5-13-35(33)36)56-45(64)40(25-31-17-19-34(60)20-18-31)57-46(65)41-16-9-23-58(41)47(37)66;1-28(59)54-37(24-29-12-3-2-4-13-29)43(63)56-35-18-10-21-51-41(61)30(14-9-22-52-46(49)50)26-39(60)36(25-31-27-53-33-16-6-5-15-32(31)33)57-42(62)34(17-7-8-20-40(47)48)55-44(64)38-19-11-23-58(38)45(35)65/h2-6,10-11,13-14,17-20,28,32,37-41,53,60H,7-9,12,15-16,21-27H2,1H3,(H,51,62)(H,54,59)(H,55,63)(H,56,64)(H,57,65)(H4,49,50,52);2-6,12-13,15-16,27,30,34-38,53H,7-11,14,17-26H2,1H3,(H3,47,48)(H,51,61)(H,54,59)(H,55,64)(H,56,63)(H,57,62)(H4,49,50,52)/t32-,37+,38+,39+,40-,41+;30-,34-,35+,36+,37+,38+/m11/s1. The molecule has 131 heavy (non-hydrogen) atoms. The largest absolute Gasteiger partial charge is 0.508 e. The second-order valence-electron chi connectivity index (χ2n) is 33.9. The highest BCUT2D eigenvalue weighted by Crippen LogP contribution is 2.28. The van der Waals surface area contributed by atoms with Gasteiger partial charge < -0.3 is 107 Å². The highest BCUT2D eigenvalue weighted by Gasteiger charge is 2.43. The predicted octanol–water partition coefficient (Wildman–Crippen LogP) is 2.33. The van der Waals surface area contributed by atoms with E-state index in [1.54, 1.807) is 24.5 Å². The number of benzene rings is 5. The minimum absolute atomic E-state index is 0.00319. The lowest BCUT2D eigenvalue weighted by Gasteiger charge is -2.31. The number of hydrogen-bond donors (Lipinski definition) is 19. The van der Waals surface area contributed by atoms with Crippen LogP contribution in [-0.2, 0) is 99.2 Å². The van der Waals surface area contributed by atoms with Crippen LogP contribution in [0, 0.1) is 17.2 Å². The molecule has 0 saturated carbocycles. The number of H-pyrrole nitrogens is 2. The van der Waals surface area contributed by atoms with Gasteiger partial charge in [0, 0.05) is 151 Å². The average molecular weight is 1800 g/mol. The zero-order valence-electron chi connectivity index (χ0n) is 74.1. The van der Waals surface area contributed by atoms with Crippen LogP contribution in [0.15, 0.2) is 156 Å². The fraction of sp³-hybridized carbons (Fsp3) is 0.457. The molecule has 7 aromatic rings. The quantitative estimate of drug-likeness (QED) is 0.0182. The number of carbonyl (C=O) groups excluding carboxylic acids is 14. The molecular weight excluding hydrogens is 1680 g/mol. The summed E-state index contributed by atoms with van der Waals surface area (Å²) in [6.45, 7) is 3.57. The molecule has 0 unspecified atom stereocenters. The zero-order chi connectivity index (χ0) is 94.0. The number of ketones is 2. The highest BCUT2D eigenvalue weighted by molar-refractivity contribution is 6.01. The zero-order valence-corrected chi connectivity index (χ0v) is 74.1. The smallest absolute Gasteiger partial charge is 0.245 e. The van der Waals surface area contributed by atoms with Crippen LogP contribution in [0.25, 0.3) is 21.8 Å². The highest BCUT2D eigenvalue weighted by atomic mass is 16.3. The molecule has 37 nitrogen and oxygen atoms in total. The van der Waals surface area contributed by atoms with Crippen LogP contribution in [-0.4, -0.2) is 225 Å². The lowest BCUT2D eigenvalue weighted by atomic mass is 9.90. The number of Topliss-reactive ketones (excluding diaryl/α,β-unsaturated/α-hetero) is 2. The van der Waals surface area contributed by atoms with Crippen molar-refractivity contribution in [3.05, 3.63) is 174 Å². The summed E-state index contributed by atoms with van der Waals surface area (Å²) >= 11 is 0. The molecule has 0 radical (unpaired) electrons. The fourth-order valence-corrected chi connectivity index (χ4v) is 17.1. The molecule has 0 spiro atoms. The van der Waals surface area contributed by atoms with E-state index < -0.39 is 155 Å². The topological polar surface area (TPSA) is 596 Å². The number of aromatic hydroxyl groups is 1. The van der Waals surface area contributed by atoms with E-state index in [1.807, 2.05) is 109 Å². The Bertz CT molecular complexity index is 5210. The van der Waals surface area contributed by atoms with Gasteiger partial charge >= 0.3 is 0 Å². The van der Waals surface area contributed by atoms with E-state index in [9.17, 15) is 72.2 Å². The van der Waals surface area contributed by atoms with Crippen LogP contribution in [0.5, 0.6) is 5.75 Å². The summed E-state index contributed by atoms with van der Waals surface area (Å²) < 4.78 is 0. The van der Waals surface area contributed by atoms with Crippen LogP contribution in [0.4, 0.5) is 0 Å². The van der Waals surface area contributed by atoms with Gasteiger partial charge in [0.25, 0.3) is 0 Å². The van der Waals surface area contributed by atoms with Crippen molar-refractivity contribution < 1.29 is 72.2 Å². The number of amidine groups is 1. The number of phenolic OH excluding ortho intramolecular Hbond substituents is 1. The van der Waals surface area contributed by atoms with Gasteiger partial charge in [0.2, 0.25) is 70.9 Å². The van der Waals surface area contributed by atoms with Gasteiger partial charge in [-0.3, -0.25) is 82.5 Å². The molecule has 6 heterocycles. The number of unbranched alkanes of at least 4 members (excludes halogenated alkanes) is 1. The Morgan fingerprint density at radius 1 is 0.458 bits per heavy atom. The molecule has 37 heteroatoms. The summed E-state index contributed by atoms with van der Waals surface area (Å²) in [4.78, 5) is 214. The van der Waals surface area contributed by atoms with Crippen LogP contribution in [0.2, 0.25) is 0 Å². The number of nitrogens with two attached hydrogens (primary N) is 5. The number of fused-ring (bicyclic) bond motifs is 4. The molecule has 5 aromatic carbocycles. The predicted molar refractivity (Wildman–Crippen MR) is 493 cm³/mol. The van der Waals surface area contributed by atoms with E-state index in [0.29, 0.717) is 50.5 Å². The number of carbonyl (C=O) groups is 14. The summed E-state index contributed by atoms with van der Waals surface area (Å²) in [5.41, 5.74) is 33.2. The van der Waals surface area contributed by atoms with Crippen molar-refractivity contribution in [3.63, 3.8) is 0 Å². The fourth-order valence-electron chi connectivity index (χ4n) is 17.1. The molecule has 12 amide bonds. The van der Waals surface area contributed by atoms with Gasteiger partial charge in [-0.15, -0.1) is 0 Å². The van der Waals surface area contributed by atoms with Gasteiger partial charge in [-0.25, -0.2) is 0 Å². The maximum absolute atomic E-state index is 14.6. The van der Waals surface area contributed by atoms with E-state index in [4.69, 9.17) is 34.1 Å². The molecule has 4 aliphatic heterocycles. The van der Waals surface area contributed by atoms with Gasteiger partial charge in [-0.2, -0.15) is 0 Å². The summed E-state index contributed by atoms with van der Waals surface area (Å²) in [5, 5.41) is 47.9. The number of guanidine groups is 2. The lowest BCUT2D eigenvalue weighted by molar-refractivity contribution is -0.142. The van der Waals surface area contributed by atoms with Crippen molar-refractivity contribution in [2.75, 3.05) is 39.3 Å². The number of nitrogens with zero attached hydrogens (tertiary/aromatic N) is 4. The SMILES string of the molecule is CC(=O)N[C@@H](Cc1ccccc1)C(=O)N[C@H]1CCCNC(=O)[C@H](CCCN=C(N)N)CC(=O)[C@H](Cc2c[nH]c3ccccc23)NC(=O)[C@@H](CCCCC(=N)N)NC(=O)[C@@H]2CCCN2C1=O.CC(=O)N[C@@H](Cc1ccccc1)C(=O)N[C@H]1CCCNC(=O)[C@H](CCCN=C(N)N)CC(=O)[C@H](Cc2c[nH]c3ccccc23)NC(=O)[C@@H](Cc2ccc(O)cc2)NC(=O)[C@@H]2CCCN2C1=O. The second-order valence-corrected chi connectivity index (χ2v) is 33.9. The van der Waals surface area contributed by atoms with Crippen molar-refractivity contribution in [2.24, 2.45) is 50.5 Å². The molecule has 12 atom stereocenters. The monoisotopic (exact) mass is 1800 g/mol. The van der Waals surface area contributed by atoms with Crippen LogP contribution in [0.3, 0.4) is 0 Å². The molecular formula is C94H124N22O15. The van der Waals surface area contributed by atoms with Crippen molar-refractivity contribution in [1.82, 2.24) is 72.9 Å². The maximum atomic E-state index is 14.6. The van der Waals surface area contributed by atoms with E-state index in [-0.39, 0.29) is 166 Å². The number of aliphatic imine (C=N–C) groups is 2. The van der Waals surface area contributed by atoms with Gasteiger partial charge in [0.15, 0.2) is 23.5 Å². The van der Waals surface area contributed by atoms with Gasteiger partial charge in [0.1, 0.15) is 54.1 Å². The molecule has 0 bridgehead atoms. The number of aromatic nitrogens is 2. The number of hydrogen-bond acceptors (Lipinski definition) is 18. The first-order chi connectivity index (χ1) is 62.9. The first-order valence-electron chi connectivity index (χ1n) is 44.9. The van der Waals surface area contributed by atoms with Crippen molar-refractivity contribution in [3.8, 4) is 5.75 Å². The first kappa shape index (κ1) is 99.1. The Morgan fingerprint density at radius 3 is 1.30 bits per heavy atom. The second kappa shape index (κ2) is 49.5. The summed E-state index contributed by atoms with van der Waals surface area (Å²) in [5.74, 6) is -9.21. The van der Waals surface area contributed by atoms with Crippen LogP contribution >= 0.6 is 0 Å². The Hall–Kier alpha value is -14.0. The van der Waals surface area contributed by atoms with Gasteiger partial charge in [-0.1, -0.05) is 116 Å². The van der Waals surface area contributed by atoms with E-state index >= 15 is 0 Å². The molecule has 4 aliphatic rings. The lowest BCUT2D eigenvalue weighted by Crippen LogP contribution is -2.59. The number of phenols is 1. The van der Waals surface area contributed by atoms with Gasteiger partial charge in [0.05, 0.1) is 17.9 Å². The van der Waals surface area contributed by atoms with Crippen molar-refractivity contribution >= 4 is 122 Å². The number of amides is 12. The molecule has 4 fully saturated rings. The van der Waals surface area contributed by atoms with E-state index in [1.165, 1.54) is 35.8 Å². The van der Waals surface area contributed by atoms with E-state index in [2.05, 4.69) is 73.1 Å². The molecule has 11 rings (SSSR count). The summed E-state index contributed by atoms with van der Waals surface area (Å²) in [6.07, 6.45) is 8.03. The first-order valence-corrected chi connectivity index (χ1v) is 44.9. The Labute approximate surface area is 760 Å². The molecule has 4 saturated heterocycles. The molecule has 700 valence electrons. The number of nitrogens with one attached hydrogen (secondary N) is 13. The minimum Gasteiger partial charge on any atom is -0.508 e. The minimum atomic E-state index is -1.25. The van der Waals surface area contributed by atoms with Gasteiger partial charge in [-0.05, 0) is 142 Å². The summed E-state index contributed by atoms with van der Waals surface area (Å²) in [6, 6.07) is 28.5. The summed E-state index contributed by atoms with van der Waals surface area (Å²) in [7, 11) is 0. The van der Waals surface area contributed by atoms with Crippen molar-refractivity contribution in [2.45, 2.75) is 222 Å². The Kier molecular flexibility index (Phi) is 37.5.